The standard InChI is InChI=1S/C21H35N3O2/c1-4-24(15-9-7-5-6-8-13-22-14-16-25)17-20(26)23-21-18(2)11-10-12-19(21)3/h10-12,16,22H,4-9,13-15,17H2,1-3H3,(H,23,26). The fourth-order valence-corrected chi connectivity index (χ4v) is 3.02. The highest BCUT2D eigenvalue weighted by Crippen LogP contribution is 2.19. The Balaban J connectivity index is 2.21. The maximum absolute atomic E-state index is 12.4. The van der Waals surface area contributed by atoms with Crippen molar-refractivity contribution in [2.75, 3.05) is 38.0 Å². The molecule has 0 saturated heterocycles. The Morgan fingerprint density at radius 1 is 1.08 bits per heavy atom. The van der Waals surface area contributed by atoms with Gasteiger partial charge in [0.1, 0.15) is 6.29 Å². The molecule has 1 aromatic carbocycles. The predicted octanol–water partition coefficient (Wildman–Crippen LogP) is 3.30. The Kier molecular flexibility index (Phi) is 11.6. The van der Waals surface area contributed by atoms with Crippen LogP contribution >= 0.6 is 0 Å². The van der Waals surface area contributed by atoms with Gasteiger partial charge in [-0.1, -0.05) is 44.4 Å². The number of para-hydroxylation sites is 1. The van der Waals surface area contributed by atoms with Crippen molar-refractivity contribution in [3.63, 3.8) is 0 Å². The summed E-state index contributed by atoms with van der Waals surface area (Å²) in [5.74, 6) is 0.0607. The van der Waals surface area contributed by atoms with Gasteiger partial charge in [0.2, 0.25) is 5.91 Å². The number of aldehydes is 1. The Morgan fingerprint density at radius 2 is 1.73 bits per heavy atom. The Bertz CT molecular complexity index is 526. The van der Waals surface area contributed by atoms with Crippen LogP contribution in [0.4, 0.5) is 5.69 Å². The average molecular weight is 362 g/mol. The van der Waals surface area contributed by atoms with E-state index in [4.69, 9.17) is 0 Å². The van der Waals surface area contributed by atoms with Gasteiger partial charge in [-0.25, -0.2) is 0 Å². The molecule has 5 heteroatoms. The lowest BCUT2D eigenvalue weighted by atomic mass is 10.1. The molecule has 0 spiro atoms. The van der Waals surface area contributed by atoms with Crippen LogP contribution in [0.3, 0.4) is 0 Å². The lowest BCUT2D eigenvalue weighted by Crippen LogP contribution is -2.34. The number of benzene rings is 1. The summed E-state index contributed by atoms with van der Waals surface area (Å²) >= 11 is 0. The maximum Gasteiger partial charge on any atom is 0.238 e. The highest BCUT2D eigenvalue weighted by Gasteiger charge is 2.11. The van der Waals surface area contributed by atoms with Crippen molar-refractivity contribution in [3.8, 4) is 0 Å². The van der Waals surface area contributed by atoms with Gasteiger partial charge in [0.15, 0.2) is 0 Å². The van der Waals surface area contributed by atoms with Gasteiger partial charge in [-0.3, -0.25) is 9.69 Å². The van der Waals surface area contributed by atoms with E-state index in [0.29, 0.717) is 13.1 Å². The van der Waals surface area contributed by atoms with E-state index in [2.05, 4.69) is 22.5 Å². The van der Waals surface area contributed by atoms with Crippen LogP contribution in [0, 0.1) is 13.8 Å². The zero-order valence-electron chi connectivity index (χ0n) is 16.6. The molecule has 0 heterocycles. The second-order valence-corrected chi connectivity index (χ2v) is 6.82. The second-order valence-electron chi connectivity index (χ2n) is 6.82. The summed E-state index contributed by atoms with van der Waals surface area (Å²) in [7, 11) is 0. The van der Waals surface area contributed by atoms with Crippen molar-refractivity contribution < 1.29 is 9.59 Å². The molecule has 5 nitrogen and oxygen atoms in total. The van der Waals surface area contributed by atoms with Gasteiger partial charge in [0.25, 0.3) is 0 Å². The highest BCUT2D eigenvalue weighted by molar-refractivity contribution is 5.93. The number of carbonyl (C=O) groups excluding carboxylic acids is 2. The topological polar surface area (TPSA) is 61.4 Å². The van der Waals surface area contributed by atoms with E-state index in [1.165, 1.54) is 19.3 Å². The lowest BCUT2D eigenvalue weighted by molar-refractivity contribution is -0.117. The van der Waals surface area contributed by atoms with Crippen molar-refractivity contribution in [1.82, 2.24) is 10.2 Å². The normalized spacial score (nSPS) is 10.9. The minimum atomic E-state index is 0.0607. The fraction of sp³-hybridized carbons (Fsp3) is 0.619. The van der Waals surface area contributed by atoms with E-state index in [1.54, 1.807) is 0 Å². The Morgan fingerprint density at radius 3 is 2.38 bits per heavy atom. The fourth-order valence-electron chi connectivity index (χ4n) is 3.02. The van der Waals surface area contributed by atoms with Gasteiger partial charge in [-0.15, -0.1) is 0 Å². The minimum Gasteiger partial charge on any atom is -0.324 e. The third-order valence-corrected chi connectivity index (χ3v) is 4.62. The van der Waals surface area contributed by atoms with Crippen LogP contribution in [0.2, 0.25) is 0 Å². The number of rotatable bonds is 14. The maximum atomic E-state index is 12.4. The van der Waals surface area contributed by atoms with Crippen LogP contribution in [0.5, 0.6) is 0 Å². The van der Waals surface area contributed by atoms with E-state index in [1.807, 2.05) is 32.0 Å². The van der Waals surface area contributed by atoms with E-state index in [0.717, 1.165) is 55.6 Å². The van der Waals surface area contributed by atoms with Crippen LogP contribution in [0.15, 0.2) is 18.2 Å². The third-order valence-electron chi connectivity index (χ3n) is 4.62. The molecule has 0 aliphatic rings. The quantitative estimate of drug-likeness (QED) is 0.394. The van der Waals surface area contributed by atoms with E-state index >= 15 is 0 Å². The van der Waals surface area contributed by atoms with Gasteiger partial charge < -0.3 is 15.4 Å². The average Bonchev–Trinajstić information content (AvgIpc) is 2.62. The van der Waals surface area contributed by atoms with Gasteiger partial charge in [0.05, 0.1) is 13.1 Å². The Labute approximate surface area is 158 Å². The van der Waals surface area contributed by atoms with Crippen LogP contribution in [-0.4, -0.2) is 49.8 Å². The molecule has 0 aromatic heterocycles. The molecule has 0 unspecified atom stereocenters. The lowest BCUT2D eigenvalue weighted by Gasteiger charge is -2.20. The largest absolute Gasteiger partial charge is 0.324 e. The van der Waals surface area contributed by atoms with Crippen LogP contribution in [0.25, 0.3) is 0 Å². The first kappa shape index (κ1) is 22.3. The zero-order valence-corrected chi connectivity index (χ0v) is 16.6. The van der Waals surface area contributed by atoms with Crippen molar-refractivity contribution in [3.05, 3.63) is 29.3 Å². The molecule has 0 saturated carbocycles. The number of hydrogen-bond donors (Lipinski definition) is 2. The number of aryl methyl sites for hydroxylation is 2. The molecule has 0 radical (unpaired) electrons. The van der Waals surface area contributed by atoms with Gasteiger partial charge in [0, 0.05) is 5.69 Å². The van der Waals surface area contributed by atoms with Crippen LogP contribution in [-0.2, 0) is 9.59 Å². The molecule has 26 heavy (non-hydrogen) atoms. The van der Waals surface area contributed by atoms with Crippen molar-refractivity contribution >= 4 is 17.9 Å². The summed E-state index contributed by atoms with van der Waals surface area (Å²) in [6, 6.07) is 6.06. The molecule has 1 aromatic rings. The summed E-state index contributed by atoms with van der Waals surface area (Å²) in [6.45, 7) is 9.80. The SMILES string of the molecule is CCN(CCCCCCCNCC=O)CC(=O)Nc1c(C)cccc1C. The van der Waals surface area contributed by atoms with Gasteiger partial charge >= 0.3 is 0 Å². The summed E-state index contributed by atoms with van der Waals surface area (Å²) in [5.41, 5.74) is 3.14. The first-order valence-corrected chi connectivity index (χ1v) is 9.81. The number of amides is 1. The molecule has 1 amide bonds. The minimum absolute atomic E-state index is 0.0607. The van der Waals surface area contributed by atoms with Crippen LogP contribution < -0.4 is 10.6 Å². The number of likely N-dealkylation sites (N-methyl/N-ethyl adjacent to an activating group) is 1. The third kappa shape index (κ3) is 9.11. The Hall–Kier alpha value is -1.72. The molecule has 0 aliphatic carbocycles. The molecular weight excluding hydrogens is 326 g/mol. The number of nitrogens with zero attached hydrogens (tertiary/aromatic N) is 1. The number of nitrogens with one attached hydrogen (secondary N) is 2. The number of anilines is 1. The number of unbranched alkanes of at least 4 members (excludes halogenated alkanes) is 4. The van der Waals surface area contributed by atoms with E-state index < -0.39 is 0 Å². The molecule has 0 atom stereocenters. The zero-order chi connectivity index (χ0) is 19.2. The highest BCUT2D eigenvalue weighted by atomic mass is 16.2. The summed E-state index contributed by atoms with van der Waals surface area (Å²) < 4.78 is 0. The monoisotopic (exact) mass is 361 g/mol. The molecule has 0 fully saturated rings. The summed E-state index contributed by atoms with van der Waals surface area (Å²) in [5, 5.41) is 6.15. The predicted molar refractivity (Wildman–Crippen MR) is 109 cm³/mol. The van der Waals surface area contributed by atoms with Crippen molar-refractivity contribution in [2.45, 2.75) is 52.9 Å². The summed E-state index contributed by atoms with van der Waals surface area (Å²) in [6.07, 6.45) is 6.70. The first-order chi connectivity index (χ1) is 12.6. The van der Waals surface area contributed by atoms with Crippen LogP contribution in [0.1, 0.15) is 50.2 Å². The number of carbonyl (C=O) groups is 2. The van der Waals surface area contributed by atoms with Gasteiger partial charge in [-0.05, 0) is 57.5 Å². The van der Waals surface area contributed by atoms with E-state index in [9.17, 15) is 9.59 Å². The smallest absolute Gasteiger partial charge is 0.238 e. The van der Waals surface area contributed by atoms with Crippen molar-refractivity contribution in [2.24, 2.45) is 0 Å². The first-order valence-electron chi connectivity index (χ1n) is 9.81. The summed E-state index contributed by atoms with van der Waals surface area (Å²) in [4.78, 5) is 24.8. The van der Waals surface area contributed by atoms with Gasteiger partial charge in [-0.2, -0.15) is 0 Å². The molecule has 2 N–H and O–H groups in total. The molecule has 0 bridgehead atoms. The number of hydrogen-bond acceptors (Lipinski definition) is 4. The van der Waals surface area contributed by atoms with Crippen molar-refractivity contribution in [1.29, 1.82) is 0 Å². The molecule has 146 valence electrons. The molecule has 0 aliphatic heterocycles. The van der Waals surface area contributed by atoms with E-state index in [-0.39, 0.29) is 5.91 Å². The molecule has 1 rings (SSSR count). The molecular formula is C21H35N3O2. The second kappa shape index (κ2) is 13.5.